The van der Waals surface area contributed by atoms with E-state index in [4.69, 9.17) is 16.7 Å². The highest BCUT2D eigenvalue weighted by atomic mass is 79.9. The van der Waals surface area contributed by atoms with Gasteiger partial charge in [0.25, 0.3) is 10.0 Å². The second-order valence-corrected chi connectivity index (χ2v) is 6.76. The number of hydrogen-bond donors (Lipinski definition) is 2. The molecule has 21 heavy (non-hydrogen) atoms. The molecule has 1 aromatic carbocycles. The fourth-order valence-electron chi connectivity index (χ4n) is 1.50. The van der Waals surface area contributed by atoms with E-state index in [1.807, 2.05) is 0 Å². The molecule has 6 nitrogen and oxygen atoms in total. The molecule has 2 aromatic rings. The van der Waals surface area contributed by atoms with Crippen LogP contribution in [0.25, 0.3) is 0 Å². The summed E-state index contributed by atoms with van der Waals surface area (Å²) in [5.41, 5.74) is 0.226. The van der Waals surface area contributed by atoms with Gasteiger partial charge in [-0.2, -0.15) is 0 Å². The average Bonchev–Trinajstić information content (AvgIpc) is 2.41. The monoisotopic (exact) mass is 390 g/mol. The normalized spacial score (nSPS) is 11.1. The first-order valence-electron chi connectivity index (χ1n) is 5.47. The van der Waals surface area contributed by atoms with Crippen LogP contribution in [-0.2, 0) is 10.0 Å². The maximum Gasteiger partial charge on any atom is 0.335 e. The van der Waals surface area contributed by atoms with E-state index in [1.54, 1.807) is 0 Å². The average molecular weight is 392 g/mol. The molecule has 1 aromatic heterocycles. The zero-order valence-electron chi connectivity index (χ0n) is 10.2. The highest BCUT2D eigenvalue weighted by molar-refractivity contribution is 9.10. The van der Waals surface area contributed by atoms with Crippen LogP contribution in [0.2, 0.25) is 5.15 Å². The van der Waals surface area contributed by atoms with E-state index in [1.165, 1.54) is 36.5 Å². The minimum Gasteiger partial charge on any atom is -0.478 e. The number of carboxylic acid groups (broad SMARTS) is 1. The summed E-state index contributed by atoms with van der Waals surface area (Å²) in [4.78, 5) is 14.4. The predicted molar refractivity (Wildman–Crippen MR) is 81.2 cm³/mol. The van der Waals surface area contributed by atoms with E-state index in [0.717, 1.165) is 0 Å². The molecule has 0 bridgehead atoms. The number of aromatic carboxylic acids is 1. The number of sulfonamides is 1. The van der Waals surface area contributed by atoms with Gasteiger partial charge in [0.1, 0.15) is 10.0 Å². The van der Waals surface area contributed by atoms with Crippen molar-refractivity contribution in [3.63, 3.8) is 0 Å². The van der Waals surface area contributed by atoms with Crippen molar-refractivity contribution in [3.8, 4) is 0 Å². The van der Waals surface area contributed by atoms with Crippen molar-refractivity contribution < 1.29 is 18.3 Å². The fraction of sp³-hybridized carbons (Fsp3) is 0. The number of carbonyl (C=O) groups is 1. The van der Waals surface area contributed by atoms with Crippen molar-refractivity contribution in [1.82, 2.24) is 4.98 Å². The molecule has 0 aliphatic carbocycles. The van der Waals surface area contributed by atoms with Gasteiger partial charge >= 0.3 is 5.97 Å². The molecule has 0 radical (unpaired) electrons. The van der Waals surface area contributed by atoms with E-state index >= 15 is 0 Å². The summed E-state index contributed by atoms with van der Waals surface area (Å²) in [6.07, 6.45) is 1.37. The first-order valence-corrected chi connectivity index (χ1v) is 8.13. The lowest BCUT2D eigenvalue weighted by atomic mass is 10.2. The lowest BCUT2D eigenvalue weighted by molar-refractivity contribution is 0.0697. The molecule has 0 atom stereocenters. The number of benzene rings is 1. The third-order valence-electron chi connectivity index (χ3n) is 2.47. The lowest BCUT2D eigenvalue weighted by Gasteiger charge is -2.10. The van der Waals surface area contributed by atoms with Crippen LogP contribution in [0.5, 0.6) is 0 Å². The Morgan fingerprint density at radius 1 is 1.33 bits per heavy atom. The quantitative estimate of drug-likeness (QED) is 0.781. The van der Waals surface area contributed by atoms with Gasteiger partial charge in [-0.25, -0.2) is 18.2 Å². The van der Waals surface area contributed by atoms with Crippen LogP contribution < -0.4 is 4.72 Å². The molecule has 0 amide bonds. The van der Waals surface area contributed by atoms with Gasteiger partial charge < -0.3 is 5.11 Å². The number of halogens is 2. The number of nitrogens with zero attached hydrogens (tertiary/aromatic N) is 1. The van der Waals surface area contributed by atoms with Crippen LogP contribution in [-0.4, -0.2) is 24.5 Å². The first-order chi connectivity index (χ1) is 9.81. The summed E-state index contributed by atoms with van der Waals surface area (Å²) in [5.74, 6) is -1.11. The molecule has 110 valence electrons. The van der Waals surface area contributed by atoms with Gasteiger partial charge in [0, 0.05) is 10.7 Å². The third-order valence-corrected chi connectivity index (χ3v) is 4.94. The molecule has 0 saturated carbocycles. The molecular weight excluding hydrogens is 384 g/mol. The van der Waals surface area contributed by atoms with Crippen molar-refractivity contribution in [2.24, 2.45) is 0 Å². The number of aromatic nitrogens is 1. The van der Waals surface area contributed by atoms with Crippen LogP contribution >= 0.6 is 27.5 Å². The predicted octanol–water partition coefficient (Wildman–Crippen LogP) is 3.00. The molecule has 0 fully saturated rings. The van der Waals surface area contributed by atoms with Crippen molar-refractivity contribution in [1.29, 1.82) is 0 Å². The molecule has 0 spiro atoms. The van der Waals surface area contributed by atoms with Gasteiger partial charge in [0.2, 0.25) is 0 Å². The Kier molecular flexibility index (Phi) is 4.50. The summed E-state index contributed by atoms with van der Waals surface area (Å²) in [6.45, 7) is 0. The van der Waals surface area contributed by atoms with E-state index in [0.29, 0.717) is 4.47 Å². The van der Waals surface area contributed by atoms with Gasteiger partial charge in [-0.1, -0.05) is 11.6 Å². The number of carboxylic acids is 1. The topological polar surface area (TPSA) is 96.4 Å². The maximum absolute atomic E-state index is 12.2. The molecule has 0 aliphatic rings. The summed E-state index contributed by atoms with van der Waals surface area (Å²) in [7, 11) is -3.92. The minimum atomic E-state index is -3.92. The van der Waals surface area contributed by atoms with Crippen LogP contribution in [0, 0.1) is 0 Å². The smallest absolute Gasteiger partial charge is 0.335 e. The van der Waals surface area contributed by atoms with Crippen molar-refractivity contribution >= 4 is 49.2 Å². The minimum absolute atomic E-state index is 0.0317. The van der Waals surface area contributed by atoms with Crippen molar-refractivity contribution in [2.75, 3.05) is 4.72 Å². The number of pyridine rings is 1. The van der Waals surface area contributed by atoms with Crippen LogP contribution in [0.4, 0.5) is 5.69 Å². The largest absolute Gasteiger partial charge is 0.478 e. The Bertz CT molecular complexity index is 811. The summed E-state index contributed by atoms with van der Waals surface area (Å²) in [5, 5.41) is 8.71. The summed E-state index contributed by atoms with van der Waals surface area (Å²) in [6, 6.07) is 6.69. The molecule has 2 N–H and O–H groups in total. The van der Waals surface area contributed by atoms with Crippen molar-refractivity contribution in [2.45, 2.75) is 4.90 Å². The standard InChI is InChI=1S/C12H8BrClN2O4S/c13-8-6-7(12(17)18)3-4-9(8)16-21(19,20)10-2-1-5-15-11(10)14/h1-6,16H,(H,17,18). The molecule has 1 heterocycles. The first kappa shape index (κ1) is 15.7. The Morgan fingerprint density at radius 3 is 2.62 bits per heavy atom. The molecule has 9 heteroatoms. The van der Waals surface area contributed by atoms with Gasteiger partial charge in [-0.05, 0) is 46.3 Å². The highest BCUT2D eigenvalue weighted by Gasteiger charge is 2.20. The SMILES string of the molecule is O=C(O)c1ccc(NS(=O)(=O)c2cccnc2Cl)c(Br)c1. The Balaban J connectivity index is 2.38. The highest BCUT2D eigenvalue weighted by Crippen LogP contribution is 2.27. The maximum atomic E-state index is 12.2. The number of nitrogens with one attached hydrogen (secondary N) is 1. The fourth-order valence-corrected chi connectivity index (χ4v) is 3.65. The van der Waals surface area contributed by atoms with Gasteiger partial charge in [-0.3, -0.25) is 4.72 Å². The zero-order valence-corrected chi connectivity index (χ0v) is 13.4. The molecule has 0 saturated heterocycles. The van der Waals surface area contributed by atoms with E-state index in [2.05, 4.69) is 25.6 Å². The van der Waals surface area contributed by atoms with Crippen LogP contribution in [0.1, 0.15) is 10.4 Å². The Hall–Kier alpha value is -1.64. The zero-order chi connectivity index (χ0) is 15.6. The van der Waals surface area contributed by atoms with Crippen LogP contribution in [0.3, 0.4) is 0 Å². The summed E-state index contributed by atoms with van der Waals surface area (Å²) >= 11 is 8.88. The second-order valence-electron chi connectivity index (χ2n) is 3.90. The molecule has 0 aliphatic heterocycles. The molecular formula is C12H8BrClN2O4S. The second kappa shape index (κ2) is 6.00. The Labute approximate surface area is 134 Å². The lowest BCUT2D eigenvalue weighted by Crippen LogP contribution is -2.14. The molecule has 2 rings (SSSR count). The number of hydrogen-bond acceptors (Lipinski definition) is 4. The van der Waals surface area contributed by atoms with Crippen molar-refractivity contribution in [3.05, 3.63) is 51.7 Å². The van der Waals surface area contributed by atoms with E-state index in [9.17, 15) is 13.2 Å². The van der Waals surface area contributed by atoms with E-state index in [-0.39, 0.29) is 21.3 Å². The van der Waals surface area contributed by atoms with Crippen LogP contribution in [0.15, 0.2) is 45.9 Å². The summed E-state index contributed by atoms with van der Waals surface area (Å²) < 4.78 is 27.1. The third kappa shape index (κ3) is 3.52. The number of anilines is 1. The van der Waals surface area contributed by atoms with Gasteiger partial charge in [0.05, 0.1) is 11.3 Å². The number of rotatable bonds is 4. The molecule has 0 unspecified atom stereocenters. The van der Waals surface area contributed by atoms with Gasteiger partial charge in [0.15, 0.2) is 0 Å². The van der Waals surface area contributed by atoms with Gasteiger partial charge in [-0.15, -0.1) is 0 Å². The Morgan fingerprint density at radius 2 is 2.05 bits per heavy atom. The van der Waals surface area contributed by atoms with E-state index < -0.39 is 16.0 Å².